The molecule has 0 bridgehead atoms. The summed E-state index contributed by atoms with van der Waals surface area (Å²) < 4.78 is 11.9. The molecular weight excluding hydrogens is 326 g/mol. The van der Waals surface area contributed by atoms with Crippen LogP contribution in [0.25, 0.3) is 27.8 Å². The van der Waals surface area contributed by atoms with Crippen LogP contribution in [-0.2, 0) is 4.74 Å². The van der Waals surface area contributed by atoms with Crippen molar-refractivity contribution in [2.75, 3.05) is 18.5 Å². The molecule has 1 fully saturated rings. The summed E-state index contributed by atoms with van der Waals surface area (Å²) in [6.45, 7) is 5.65. The Morgan fingerprint density at radius 3 is 2.85 bits per heavy atom. The first-order valence-electron chi connectivity index (χ1n) is 9.09. The summed E-state index contributed by atoms with van der Waals surface area (Å²) in [4.78, 5) is 8.86. The lowest BCUT2D eigenvalue weighted by atomic mass is 10.00. The van der Waals surface area contributed by atoms with E-state index in [-0.39, 0.29) is 6.10 Å². The summed E-state index contributed by atoms with van der Waals surface area (Å²) in [5.74, 6) is 1.64. The number of nitrogens with zero attached hydrogens (tertiary/aromatic N) is 2. The first kappa shape index (κ1) is 16.8. The Morgan fingerprint density at radius 2 is 2.12 bits per heavy atom. The molecule has 0 amide bonds. The van der Waals surface area contributed by atoms with Crippen molar-refractivity contribution in [3.8, 4) is 11.1 Å². The normalized spacial score (nSPS) is 17.8. The van der Waals surface area contributed by atoms with E-state index >= 15 is 0 Å². The van der Waals surface area contributed by atoms with Gasteiger partial charge in [-0.25, -0.2) is 9.97 Å². The highest BCUT2D eigenvalue weighted by Gasteiger charge is 2.22. The zero-order valence-corrected chi connectivity index (χ0v) is 15.2. The van der Waals surface area contributed by atoms with E-state index in [4.69, 9.17) is 9.15 Å². The van der Waals surface area contributed by atoms with E-state index in [9.17, 15) is 0 Å². The Hall–Kier alpha value is -2.66. The SMILES string of the molecule is C/C=C(\C)c1oc2ncnc(NC[C@@H]3CCCO3)c2c1-c1ccccc1. The second-order valence-corrected chi connectivity index (χ2v) is 6.56. The topological polar surface area (TPSA) is 60.2 Å². The summed E-state index contributed by atoms with van der Waals surface area (Å²) in [6, 6.07) is 10.3. The van der Waals surface area contributed by atoms with Crippen molar-refractivity contribution in [1.29, 1.82) is 0 Å². The van der Waals surface area contributed by atoms with Crippen LogP contribution in [0.2, 0.25) is 0 Å². The smallest absolute Gasteiger partial charge is 0.232 e. The van der Waals surface area contributed by atoms with Gasteiger partial charge in [-0.15, -0.1) is 0 Å². The number of aromatic nitrogens is 2. The number of benzene rings is 1. The zero-order valence-electron chi connectivity index (χ0n) is 15.2. The fourth-order valence-corrected chi connectivity index (χ4v) is 3.37. The quantitative estimate of drug-likeness (QED) is 0.709. The Balaban J connectivity index is 1.84. The molecule has 3 aromatic rings. The van der Waals surface area contributed by atoms with Gasteiger partial charge in [0.25, 0.3) is 0 Å². The van der Waals surface area contributed by atoms with Gasteiger partial charge in [-0.3, -0.25) is 0 Å². The third-order valence-corrected chi connectivity index (χ3v) is 4.86. The zero-order chi connectivity index (χ0) is 17.9. The predicted molar refractivity (Wildman–Crippen MR) is 104 cm³/mol. The number of allylic oxidation sites excluding steroid dienone is 2. The van der Waals surface area contributed by atoms with Gasteiger partial charge in [0, 0.05) is 18.7 Å². The van der Waals surface area contributed by atoms with Gasteiger partial charge in [0.15, 0.2) is 0 Å². The van der Waals surface area contributed by atoms with E-state index in [0.29, 0.717) is 5.71 Å². The van der Waals surface area contributed by atoms with Crippen molar-refractivity contribution in [3.05, 3.63) is 48.5 Å². The highest BCUT2D eigenvalue weighted by molar-refractivity contribution is 6.04. The summed E-state index contributed by atoms with van der Waals surface area (Å²) in [7, 11) is 0. The first-order chi connectivity index (χ1) is 12.8. The maximum atomic E-state index is 6.13. The molecule has 26 heavy (non-hydrogen) atoms. The molecule has 0 radical (unpaired) electrons. The molecule has 1 saturated heterocycles. The van der Waals surface area contributed by atoms with Crippen LogP contribution in [0.1, 0.15) is 32.4 Å². The van der Waals surface area contributed by atoms with Crippen LogP contribution in [-0.4, -0.2) is 29.2 Å². The molecule has 0 unspecified atom stereocenters. The third kappa shape index (κ3) is 3.10. The highest BCUT2D eigenvalue weighted by Crippen LogP contribution is 2.40. The lowest BCUT2D eigenvalue weighted by Gasteiger charge is -2.12. The number of furan rings is 1. The monoisotopic (exact) mass is 349 g/mol. The average molecular weight is 349 g/mol. The summed E-state index contributed by atoms with van der Waals surface area (Å²) in [5, 5.41) is 4.38. The molecule has 5 nitrogen and oxygen atoms in total. The van der Waals surface area contributed by atoms with E-state index in [2.05, 4.69) is 40.4 Å². The molecule has 4 rings (SSSR count). The Labute approximate surface area is 153 Å². The minimum Gasteiger partial charge on any atom is -0.437 e. The van der Waals surface area contributed by atoms with Gasteiger partial charge in [-0.2, -0.15) is 0 Å². The van der Waals surface area contributed by atoms with Gasteiger partial charge >= 0.3 is 0 Å². The van der Waals surface area contributed by atoms with Crippen molar-refractivity contribution in [1.82, 2.24) is 9.97 Å². The first-order valence-corrected chi connectivity index (χ1v) is 9.09. The maximum absolute atomic E-state index is 6.13. The molecule has 1 aliphatic heterocycles. The molecule has 1 atom stereocenters. The third-order valence-electron chi connectivity index (χ3n) is 4.86. The molecule has 5 heteroatoms. The lowest BCUT2D eigenvalue weighted by molar-refractivity contribution is 0.120. The average Bonchev–Trinajstić information content (AvgIpc) is 3.34. The molecule has 1 aliphatic rings. The van der Waals surface area contributed by atoms with Crippen LogP contribution < -0.4 is 5.32 Å². The van der Waals surface area contributed by atoms with Crippen LogP contribution in [0, 0.1) is 0 Å². The number of fused-ring (bicyclic) bond motifs is 1. The second-order valence-electron chi connectivity index (χ2n) is 6.56. The van der Waals surface area contributed by atoms with Crippen molar-refractivity contribution in [2.24, 2.45) is 0 Å². The standard InChI is InChI=1S/C21H23N3O2/c1-3-14(2)19-17(15-8-5-4-6-9-15)18-20(23-13-24-21(18)26-19)22-12-16-10-7-11-25-16/h3-6,8-9,13,16H,7,10-12H2,1-2H3,(H,22,23,24)/b14-3+/t16-/m0/s1. The van der Waals surface area contributed by atoms with E-state index in [1.807, 2.05) is 25.1 Å². The van der Waals surface area contributed by atoms with Crippen LogP contribution in [0.5, 0.6) is 0 Å². The van der Waals surface area contributed by atoms with Crippen molar-refractivity contribution < 1.29 is 9.15 Å². The number of anilines is 1. The summed E-state index contributed by atoms with van der Waals surface area (Å²) >= 11 is 0. The summed E-state index contributed by atoms with van der Waals surface area (Å²) in [5.41, 5.74) is 3.81. The van der Waals surface area contributed by atoms with Gasteiger partial charge in [0.2, 0.25) is 5.71 Å². The number of hydrogen-bond acceptors (Lipinski definition) is 5. The molecule has 2 aromatic heterocycles. The predicted octanol–water partition coefficient (Wildman–Crippen LogP) is 4.90. The molecule has 0 spiro atoms. The lowest BCUT2D eigenvalue weighted by Crippen LogP contribution is -2.19. The van der Waals surface area contributed by atoms with Crippen molar-refractivity contribution in [3.63, 3.8) is 0 Å². The summed E-state index contributed by atoms with van der Waals surface area (Å²) in [6.07, 6.45) is 6.05. The molecule has 0 aliphatic carbocycles. The molecule has 3 heterocycles. The Kier molecular flexibility index (Phi) is 4.71. The van der Waals surface area contributed by atoms with E-state index in [0.717, 1.165) is 59.7 Å². The largest absolute Gasteiger partial charge is 0.437 e. The van der Waals surface area contributed by atoms with Gasteiger partial charge in [0.05, 0.1) is 11.5 Å². The Morgan fingerprint density at radius 1 is 1.27 bits per heavy atom. The van der Waals surface area contributed by atoms with E-state index < -0.39 is 0 Å². The van der Waals surface area contributed by atoms with Crippen LogP contribution in [0.15, 0.2) is 47.2 Å². The fraction of sp³-hybridized carbons (Fsp3) is 0.333. The minimum atomic E-state index is 0.240. The number of hydrogen-bond donors (Lipinski definition) is 1. The fourth-order valence-electron chi connectivity index (χ4n) is 3.37. The molecule has 0 saturated carbocycles. The van der Waals surface area contributed by atoms with Gasteiger partial charge in [-0.05, 0) is 37.8 Å². The highest BCUT2D eigenvalue weighted by atomic mass is 16.5. The van der Waals surface area contributed by atoms with Crippen molar-refractivity contribution in [2.45, 2.75) is 32.8 Å². The number of nitrogens with one attached hydrogen (secondary N) is 1. The van der Waals surface area contributed by atoms with Gasteiger partial charge < -0.3 is 14.5 Å². The van der Waals surface area contributed by atoms with Crippen LogP contribution in [0.3, 0.4) is 0 Å². The second kappa shape index (κ2) is 7.30. The van der Waals surface area contributed by atoms with Gasteiger partial charge in [-0.1, -0.05) is 36.4 Å². The van der Waals surface area contributed by atoms with Gasteiger partial charge in [0.1, 0.15) is 17.9 Å². The molecule has 1 N–H and O–H groups in total. The molecule has 1 aromatic carbocycles. The number of rotatable bonds is 5. The minimum absolute atomic E-state index is 0.240. The Bertz CT molecular complexity index is 925. The van der Waals surface area contributed by atoms with Crippen LogP contribution >= 0.6 is 0 Å². The van der Waals surface area contributed by atoms with E-state index in [1.54, 1.807) is 6.33 Å². The number of ether oxygens (including phenoxy) is 1. The van der Waals surface area contributed by atoms with E-state index in [1.165, 1.54) is 0 Å². The van der Waals surface area contributed by atoms with Crippen LogP contribution in [0.4, 0.5) is 5.82 Å². The molecule has 134 valence electrons. The van der Waals surface area contributed by atoms with Crippen molar-refractivity contribution >= 4 is 22.5 Å². The maximum Gasteiger partial charge on any atom is 0.232 e. The molecular formula is C21H23N3O2.